The summed E-state index contributed by atoms with van der Waals surface area (Å²) < 4.78 is 46.2. The molecule has 2 unspecified atom stereocenters. The van der Waals surface area contributed by atoms with Crippen LogP contribution in [0.3, 0.4) is 0 Å². The largest absolute Gasteiger partial charge is 0.750 e. The van der Waals surface area contributed by atoms with Gasteiger partial charge in [0.1, 0.15) is 0 Å². The molecule has 0 bridgehead atoms. The molecule has 0 saturated carbocycles. The summed E-state index contributed by atoms with van der Waals surface area (Å²) in [5.41, 5.74) is 5.24. The van der Waals surface area contributed by atoms with E-state index in [9.17, 15) is 8.76 Å². The van der Waals surface area contributed by atoms with Crippen LogP contribution in [-0.2, 0) is 34.1 Å². The van der Waals surface area contributed by atoms with E-state index < -0.39 is 17.1 Å². The molecule has 10 heteroatoms. The van der Waals surface area contributed by atoms with Gasteiger partial charge >= 0.3 is 0 Å². The van der Waals surface area contributed by atoms with Gasteiger partial charge in [-0.1, -0.05) is 75.2 Å². The molecule has 4 aromatic carbocycles. The van der Waals surface area contributed by atoms with E-state index in [4.69, 9.17) is 23.6 Å². The van der Waals surface area contributed by atoms with Gasteiger partial charge in [-0.25, -0.2) is 4.21 Å². The molecule has 2 atom stereocenters. The van der Waals surface area contributed by atoms with E-state index in [-0.39, 0.29) is 6.42 Å². The van der Waals surface area contributed by atoms with E-state index in [2.05, 4.69) is 30.9 Å². The maximum Gasteiger partial charge on any atom is 0.205 e. The maximum absolute atomic E-state index is 13.3. The van der Waals surface area contributed by atoms with Crippen molar-refractivity contribution in [2.75, 3.05) is 16.3 Å². The van der Waals surface area contributed by atoms with Crippen LogP contribution in [0.2, 0.25) is 0 Å². The second kappa shape index (κ2) is 16.0. The number of aromatic nitrogens is 2. The van der Waals surface area contributed by atoms with Crippen molar-refractivity contribution in [2.45, 2.75) is 64.5 Å². The SMILES string of the molecule is CCCCc1cc2c(c(-c3ccccn3)c1)N(C(CCN1c3ccccc3Oc3ccccc31)(OS(=O)[O-])c1cccc(CCCC)n1)c1ccccc1O2. The van der Waals surface area contributed by atoms with E-state index >= 15 is 0 Å². The highest BCUT2D eigenvalue weighted by molar-refractivity contribution is 7.74. The molecule has 2 aliphatic heterocycles. The first kappa shape index (κ1) is 36.4. The average molecular weight is 752 g/mol. The lowest BCUT2D eigenvalue weighted by Crippen LogP contribution is -2.50. The number of unbranched alkanes of at least 4 members (excludes halogenated alkanes) is 2. The highest BCUT2D eigenvalue weighted by Gasteiger charge is 2.49. The third-order valence-corrected chi connectivity index (χ3v) is 10.6. The quantitative estimate of drug-likeness (QED) is 0.101. The highest BCUT2D eigenvalue weighted by Crippen LogP contribution is 2.57. The Morgan fingerprint density at radius 1 is 0.727 bits per heavy atom. The summed E-state index contributed by atoms with van der Waals surface area (Å²) in [5, 5.41) is 0. The molecule has 280 valence electrons. The van der Waals surface area contributed by atoms with Crippen molar-refractivity contribution in [1.82, 2.24) is 9.97 Å². The lowest BCUT2D eigenvalue weighted by atomic mass is 9.93. The number of hydrogen-bond donors (Lipinski definition) is 0. The summed E-state index contributed by atoms with van der Waals surface area (Å²) in [4.78, 5) is 14.2. The molecule has 2 aromatic heterocycles. The third-order valence-electron chi connectivity index (χ3n) is 10.2. The van der Waals surface area contributed by atoms with Gasteiger partial charge in [0.05, 0.1) is 45.5 Å². The second-order valence-electron chi connectivity index (χ2n) is 13.8. The third kappa shape index (κ3) is 7.21. The number of hydrogen-bond acceptors (Lipinski definition) is 9. The minimum atomic E-state index is -2.99. The van der Waals surface area contributed by atoms with Crippen LogP contribution >= 0.6 is 0 Å². The van der Waals surface area contributed by atoms with Crippen LogP contribution in [0.15, 0.2) is 128 Å². The lowest BCUT2D eigenvalue weighted by Gasteiger charge is -2.48. The number of pyridine rings is 2. The van der Waals surface area contributed by atoms with E-state index in [1.807, 2.05) is 114 Å². The summed E-state index contributed by atoms with van der Waals surface area (Å²) >= 11 is -2.99. The van der Waals surface area contributed by atoms with Gasteiger partial charge in [0.25, 0.3) is 0 Å². The molecule has 0 spiro atoms. The zero-order valence-electron chi connectivity index (χ0n) is 31.0. The Balaban J connectivity index is 1.39. The van der Waals surface area contributed by atoms with Crippen LogP contribution in [0.5, 0.6) is 23.0 Å². The number of rotatable bonds is 14. The van der Waals surface area contributed by atoms with Crippen LogP contribution in [0.1, 0.15) is 62.9 Å². The smallest absolute Gasteiger partial charge is 0.205 e. The summed E-state index contributed by atoms with van der Waals surface area (Å²) in [6.07, 6.45) is 7.47. The first-order chi connectivity index (χ1) is 27.0. The molecule has 2 aliphatic rings. The number of aryl methyl sites for hydroxylation is 2. The van der Waals surface area contributed by atoms with Gasteiger partial charge in [-0.05, 0) is 104 Å². The van der Waals surface area contributed by atoms with Gasteiger partial charge < -0.3 is 18.9 Å². The standard InChI is InChI=1S/C45H44N4O5S/c1-3-5-16-32-30-34(35-19-13-14-28-46-35)44-42(31-32)53-41-25-12-9-22-38(41)49(44)45(54-55(50)51,43-26-15-18-33(47-43)17-6-4-2)27-29-48-36-20-7-10-23-39(36)52-40-24-11-8-21-37(40)48/h7-15,18-26,28,30-31H,3-6,16-17,27,29H2,1-2H3,(H,50,51)/p-1. The van der Waals surface area contributed by atoms with Crippen molar-refractivity contribution in [3.05, 3.63) is 144 Å². The Kier molecular flexibility index (Phi) is 10.6. The molecule has 55 heavy (non-hydrogen) atoms. The summed E-state index contributed by atoms with van der Waals surface area (Å²) in [7, 11) is 0. The number of fused-ring (bicyclic) bond motifs is 4. The van der Waals surface area contributed by atoms with Crippen molar-refractivity contribution in [2.24, 2.45) is 0 Å². The lowest BCUT2D eigenvalue weighted by molar-refractivity contribution is 0.0635. The zero-order chi connectivity index (χ0) is 37.8. The second-order valence-corrected chi connectivity index (χ2v) is 14.4. The Bertz CT molecular complexity index is 2280. The number of benzene rings is 4. The molecule has 4 heterocycles. The van der Waals surface area contributed by atoms with Crippen LogP contribution in [0.4, 0.5) is 22.7 Å². The van der Waals surface area contributed by atoms with Crippen molar-refractivity contribution in [3.8, 4) is 34.3 Å². The highest BCUT2D eigenvalue weighted by atomic mass is 32.2. The molecule has 0 amide bonds. The molecule has 0 aliphatic carbocycles. The normalized spacial score (nSPS) is 14.4. The van der Waals surface area contributed by atoms with Crippen LogP contribution in [0.25, 0.3) is 11.3 Å². The van der Waals surface area contributed by atoms with Gasteiger partial charge in [-0.15, -0.1) is 0 Å². The van der Waals surface area contributed by atoms with Gasteiger partial charge in [-0.3, -0.25) is 19.1 Å². The van der Waals surface area contributed by atoms with Crippen molar-refractivity contribution in [3.63, 3.8) is 0 Å². The van der Waals surface area contributed by atoms with Gasteiger partial charge in [-0.2, -0.15) is 0 Å². The van der Waals surface area contributed by atoms with E-state index in [0.29, 0.717) is 46.6 Å². The maximum atomic E-state index is 13.3. The summed E-state index contributed by atoms with van der Waals surface area (Å²) in [5.74, 6) is 2.57. The minimum absolute atomic E-state index is 0.154. The topological polar surface area (TPSA) is 100 Å². The number of ether oxygens (including phenoxy) is 2. The predicted octanol–water partition coefficient (Wildman–Crippen LogP) is 11.1. The van der Waals surface area contributed by atoms with Crippen molar-refractivity contribution < 1.29 is 22.4 Å². The molecule has 8 rings (SSSR count). The van der Waals surface area contributed by atoms with E-state index in [0.717, 1.165) is 72.4 Å². The molecular formula is C45H43N4O5S-. The summed E-state index contributed by atoms with van der Waals surface area (Å²) in [6, 6.07) is 39.3. The summed E-state index contributed by atoms with van der Waals surface area (Å²) in [6.45, 7) is 4.65. The molecule has 9 nitrogen and oxygen atoms in total. The molecule has 0 N–H and O–H groups in total. The Labute approximate surface area is 325 Å². The number of anilines is 4. The number of nitrogens with zero attached hydrogens (tertiary/aromatic N) is 4. The molecule has 0 radical (unpaired) electrons. The Hall–Kier alpha value is -5.55. The predicted molar refractivity (Wildman–Crippen MR) is 216 cm³/mol. The van der Waals surface area contributed by atoms with Crippen LogP contribution in [0, 0.1) is 0 Å². The van der Waals surface area contributed by atoms with Crippen LogP contribution in [-0.4, -0.2) is 25.3 Å². The Morgan fingerprint density at radius 2 is 1.36 bits per heavy atom. The zero-order valence-corrected chi connectivity index (χ0v) is 31.8. The monoisotopic (exact) mass is 751 g/mol. The van der Waals surface area contributed by atoms with Crippen molar-refractivity contribution in [1.29, 1.82) is 0 Å². The van der Waals surface area contributed by atoms with Crippen molar-refractivity contribution >= 4 is 34.1 Å². The molecule has 0 fully saturated rings. The van der Waals surface area contributed by atoms with E-state index in [1.165, 1.54) is 0 Å². The first-order valence-electron chi connectivity index (χ1n) is 19.0. The fraction of sp³-hybridized carbons (Fsp3) is 0.244. The van der Waals surface area contributed by atoms with Gasteiger partial charge in [0, 0.05) is 30.4 Å². The average Bonchev–Trinajstić information content (AvgIpc) is 3.22. The van der Waals surface area contributed by atoms with E-state index in [1.54, 1.807) is 6.20 Å². The minimum Gasteiger partial charge on any atom is -0.750 e. The Morgan fingerprint density at radius 3 is 2.04 bits per heavy atom. The molecular weight excluding hydrogens is 709 g/mol. The van der Waals surface area contributed by atoms with Crippen LogP contribution < -0.4 is 19.3 Å². The van der Waals surface area contributed by atoms with Gasteiger partial charge in [0.15, 0.2) is 23.0 Å². The van der Waals surface area contributed by atoms with Gasteiger partial charge in [0.2, 0.25) is 5.72 Å². The fourth-order valence-electron chi connectivity index (χ4n) is 7.63. The molecule has 0 saturated heterocycles. The first-order valence-corrected chi connectivity index (χ1v) is 20.0. The fourth-order valence-corrected chi connectivity index (χ4v) is 8.09. The molecule has 6 aromatic rings. The number of para-hydroxylation sites is 6.